The molecule has 6 heteroatoms. The highest BCUT2D eigenvalue weighted by Gasteiger charge is 2.19. The Morgan fingerprint density at radius 2 is 1.50 bits per heavy atom. The van der Waals surface area contributed by atoms with Gasteiger partial charge in [0.2, 0.25) is 10.0 Å². The Bertz CT molecular complexity index is 1200. The highest BCUT2D eigenvalue weighted by molar-refractivity contribution is 7.92. The SMILES string of the molecule is Cc1cc(C)c(C(C)NC(=O)c2ccc(N(Cc3ccccc3)S(C)(=O)=O)cc2)cc1C. The van der Waals surface area contributed by atoms with Gasteiger partial charge in [-0.2, -0.15) is 0 Å². The molecule has 1 unspecified atom stereocenters. The van der Waals surface area contributed by atoms with Gasteiger partial charge in [-0.05, 0) is 79.8 Å². The van der Waals surface area contributed by atoms with Gasteiger partial charge in [0.1, 0.15) is 0 Å². The summed E-state index contributed by atoms with van der Waals surface area (Å²) in [5.41, 5.74) is 6.53. The third-order valence-corrected chi connectivity index (χ3v) is 6.82. The van der Waals surface area contributed by atoms with Crippen LogP contribution in [0.25, 0.3) is 0 Å². The first kappa shape index (κ1) is 23.5. The molecule has 1 N–H and O–H groups in total. The van der Waals surface area contributed by atoms with Crippen LogP contribution in [0.15, 0.2) is 66.7 Å². The van der Waals surface area contributed by atoms with Crippen molar-refractivity contribution >= 4 is 21.6 Å². The Hall–Kier alpha value is -3.12. The van der Waals surface area contributed by atoms with Crippen molar-refractivity contribution in [1.29, 1.82) is 0 Å². The molecule has 0 heterocycles. The molecule has 0 spiro atoms. The van der Waals surface area contributed by atoms with Crippen molar-refractivity contribution in [3.05, 3.63) is 100 Å². The molecule has 168 valence electrons. The predicted molar refractivity (Wildman–Crippen MR) is 130 cm³/mol. The Labute approximate surface area is 191 Å². The van der Waals surface area contributed by atoms with E-state index in [0.29, 0.717) is 11.3 Å². The Kier molecular flexibility index (Phi) is 7.04. The van der Waals surface area contributed by atoms with Gasteiger partial charge in [-0.25, -0.2) is 8.42 Å². The van der Waals surface area contributed by atoms with Crippen LogP contribution >= 0.6 is 0 Å². The van der Waals surface area contributed by atoms with E-state index < -0.39 is 10.0 Å². The van der Waals surface area contributed by atoms with Gasteiger partial charge < -0.3 is 5.32 Å². The van der Waals surface area contributed by atoms with E-state index in [1.165, 1.54) is 21.7 Å². The fourth-order valence-corrected chi connectivity index (χ4v) is 4.62. The predicted octanol–water partition coefficient (Wildman–Crippen LogP) is 5.07. The zero-order chi connectivity index (χ0) is 23.5. The van der Waals surface area contributed by atoms with Gasteiger partial charge >= 0.3 is 0 Å². The number of hydrogen-bond acceptors (Lipinski definition) is 3. The lowest BCUT2D eigenvalue weighted by molar-refractivity contribution is 0.0940. The van der Waals surface area contributed by atoms with E-state index in [1.54, 1.807) is 24.3 Å². The molecule has 32 heavy (non-hydrogen) atoms. The van der Waals surface area contributed by atoms with Crippen LogP contribution in [0.2, 0.25) is 0 Å². The van der Waals surface area contributed by atoms with Gasteiger partial charge in [-0.3, -0.25) is 9.10 Å². The Morgan fingerprint density at radius 1 is 0.906 bits per heavy atom. The molecule has 0 saturated heterocycles. The molecule has 0 aliphatic carbocycles. The minimum atomic E-state index is -3.48. The highest BCUT2D eigenvalue weighted by Crippen LogP contribution is 2.24. The first-order chi connectivity index (χ1) is 15.1. The van der Waals surface area contributed by atoms with Crippen LogP contribution < -0.4 is 9.62 Å². The van der Waals surface area contributed by atoms with Gasteiger partial charge in [0, 0.05) is 5.56 Å². The van der Waals surface area contributed by atoms with Crippen molar-refractivity contribution in [2.45, 2.75) is 40.3 Å². The van der Waals surface area contributed by atoms with Crippen LogP contribution in [0.5, 0.6) is 0 Å². The molecular weight excluding hydrogens is 420 g/mol. The summed E-state index contributed by atoms with van der Waals surface area (Å²) in [6.07, 6.45) is 1.18. The van der Waals surface area contributed by atoms with Gasteiger partial charge in [-0.15, -0.1) is 0 Å². The van der Waals surface area contributed by atoms with Gasteiger partial charge in [0.15, 0.2) is 0 Å². The quantitative estimate of drug-likeness (QED) is 0.547. The van der Waals surface area contributed by atoms with Crippen LogP contribution in [0, 0.1) is 20.8 Å². The molecule has 0 radical (unpaired) electrons. The van der Waals surface area contributed by atoms with E-state index in [0.717, 1.165) is 16.7 Å². The molecule has 0 fully saturated rings. The van der Waals surface area contributed by atoms with Crippen molar-refractivity contribution in [2.24, 2.45) is 0 Å². The summed E-state index contributed by atoms with van der Waals surface area (Å²) >= 11 is 0. The number of carbonyl (C=O) groups is 1. The summed E-state index contributed by atoms with van der Waals surface area (Å²) in [6.45, 7) is 8.39. The van der Waals surface area contributed by atoms with Crippen molar-refractivity contribution in [3.63, 3.8) is 0 Å². The monoisotopic (exact) mass is 450 g/mol. The standard InChI is InChI=1S/C26H30N2O3S/c1-18-15-20(3)25(16-19(18)2)21(4)27-26(29)23-11-13-24(14-12-23)28(32(5,30)31)17-22-9-7-6-8-10-22/h6-16,21H,17H2,1-5H3,(H,27,29). The van der Waals surface area contributed by atoms with Crippen LogP contribution in [-0.2, 0) is 16.6 Å². The number of anilines is 1. The smallest absolute Gasteiger partial charge is 0.251 e. The van der Waals surface area contributed by atoms with Crippen molar-refractivity contribution in [3.8, 4) is 0 Å². The molecule has 5 nitrogen and oxygen atoms in total. The second-order valence-corrected chi connectivity index (χ2v) is 10.2. The lowest BCUT2D eigenvalue weighted by atomic mass is 9.96. The number of amides is 1. The van der Waals surface area contributed by atoms with E-state index in [4.69, 9.17) is 0 Å². The van der Waals surface area contributed by atoms with E-state index in [2.05, 4.69) is 31.3 Å². The topological polar surface area (TPSA) is 66.5 Å². The van der Waals surface area contributed by atoms with Gasteiger partial charge in [0.05, 0.1) is 24.5 Å². The number of rotatable bonds is 7. The van der Waals surface area contributed by atoms with E-state index in [-0.39, 0.29) is 18.5 Å². The summed E-state index contributed by atoms with van der Waals surface area (Å²) in [7, 11) is -3.48. The molecule has 0 saturated carbocycles. The molecule has 0 aliphatic rings. The molecular formula is C26H30N2O3S. The molecule has 1 amide bonds. The fraction of sp³-hybridized carbons (Fsp3) is 0.269. The number of aryl methyl sites for hydroxylation is 3. The van der Waals surface area contributed by atoms with Gasteiger partial charge in [-0.1, -0.05) is 42.5 Å². The maximum absolute atomic E-state index is 12.8. The van der Waals surface area contributed by atoms with Crippen LogP contribution in [-0.4, -0.2) is 20.6 Å². The average molecular weight is 451 g/mol. The zero-order valence-electron chi connectivity index (χ0n) is 19.2. The molecule has 0 bridgehead atoms. The summed E-state index contributed by atoms with van der Waals surface area (Å²) in [4.78, 5) is 12.8. The Balaban J connectivity index is 1.77. The van der Waals surface area contributed by atoms with Crippen LogP contribution in [0.1, 0.15) is 51.1 Å². The van der Waals surface area contributed by atoms with Gasteiger partial charge in [0.25, 0.3) is 5.91 Å². The van der Waals surface area contributed by atoms with E-state index in [1.807, 2.05) is 44.2 Å². The lowest BCUT2D eigenvalue weighted by Gasteiger charge is -2.23. The van der Waals surface area contributed by atoms with Crippen LogP contribution in [0.4, 0.5) is 5.69 Å². The van der Waals surface area contributed by atoms with Crippen molar-refractivity contribution < 1.29 is 13.2 Å². The summed E-state index contributed by atoms with van der Waals surface area (Å²) < 4.78 is 26.1. The van der Waals surface area contributed by atoms with Crippen molar-refractivity contribution in [2.75, 3.05) is 10.6 Å². The average Bonchev–Trinajstić information content (AvgIpc) is 2.74. The normalized spacial score (nSPS) is 12.3. The maximum Gasteiger partial charge on any atom is 0.251 e. The first-order valence-corrected chi connectivity index (χ1v) is 12.4. The fourth-order valence-electron chi connectivity index (χ4n) is 3.74. The molecule has 0 aromatic heterocycles. The highest BCUT2D eigenvalue weighted by atomic mass is 32.2. The number of benzene rings is 3. The molecule has 3 aromatic rings. The largest absolute Gasteiger partial charge is 0.346 e. The van der Waals surface area contributed by atoms with E-state index in [9.17, 15) is 13.2 Å². The third-order valence-electron chi connectivity index (χ3n) is 5.68. The number of hydrogen-bond donors (Lipinski definition) is 1. The summed E-state index contributed by atoms with van der Waals surface area (Å²) in [6, 6.07) is 20.2. The molecule has 1 atom stereocenters. The van der Waals surface area contributed by atoms with Crippen molar-refractivity contribution in [1.82, 2.24) is 5.32 Å². The number of sulfonamides is 1. The maximum atomic E-state index is 12.8. The summed E-state index contributed by atoms with van der Waals surface area (Å²) in [5, 5.41) is 3.05. The zero-order valence-corrected chi connectivity index (χ0v) is 20.0. The minimum absolute atomic E-state index is 0.146. The molecule has 3 aromatic carbocycles. The second-order valence-electron chi connectivity index (χ2n) is 8.29. The number of carbonyl (C=O) groups excluding carboxylic acids is 1. The van der Waals surface area contributed by atoms with E-state index >= 15 is 0 Å². The summed E-state index contributed by atoms with van der Waals surface area (Å²) in [5.74, 6) is -0.198. The minimum Gasteiger partial charge on any atom is -0.346 e. The number of nitrogens with zero attached hydrogens (tertiary/aromatic N) is 1. The molecule has 3 rings (SSSR count). The number of nitrogens with one attached hydrogen (secondary N) is 1. The molecule has 0 aliphatic heterocycles. The first-order valence-electron chi connectivity index (χ1n) is 10.6. The van der Waals surface area contributed by atoms with Crippen LogP contribution in [0.3, 0.4) is 0 Å². The second kappa shape index (κ2) is 9.57. The Morgan fingerprint density at radius 3 is 2.09 bits per heavy atom. The lowest BCUT2D eigenvalue weighted by Crippen LogP contribution is -2.30. The third kappa shape index (κ3) is 5.56.